The van der Waals surface area contributed by atoms with Crippen molar-refractivity contribution in [2.45, 2.75) is 26.1 Å². The Morgan fingerprint density at radius 3 is 2.55 bits per heavy atom. The summed E-state index contributed by atoms with van der Waals surface area (Å²) in [6.07, 6.45) is 0.332. The van der Waals surface area contributed by atoms with Crippen molar-refractivity contribution >= 4 is 5.69 Å². The minimum absolute atomic E-state index is 0.231. The highest BCUT2D eigenvalue weighted by atomic mass is 19.4. The molecule has 1 aromatic carbocycles. The maximum atomic E-state index is 12.7. The van der Waals surface area contributed by atoms with Gasteiger partial charge < -0.3 is 5.32 Å². The van der Waals surface area contributed by atoms with Crippen LogP contribution in [-0.2, 0) is 6.18 Å². The maximum Gasteiger partial charge on any atom is 0.416 e. The molecule has 1 atom stereocenters. The van der Waals surface area contributed by atoms with E-state index in [1.54, 1.807) is 25.5 Å². The van der Waals surface area contributed by atoms with Crippen LogP contribution in [0.1, 0.15) is 29.8 Å². The van der Waals surface area contributed by atoms with Crippen molar-refractivity contribution in [2.75, 3.05) is 5.32 Å². The van der Waals surface area contributed by atoms with E-state index in [-0.39, 0.29) is 6.04 Å². The molecule has 0 radical (unpaired) electrons. The molecule has 0 amide bonds. The summed E-state index contributed by atoms with van der Waals surface area (Å²) in [5.74, 6) is 0. The van der Waals surface area contributed by atoms with Gasteiger partial charge in [-0.2, -0.15) is 13.2 Å². The number of nitrogens with one attached hydrogen (secondary N) is 1. The molecule has 0 saturated carbocycles. The normalized spacial score (nSPS) is 13.1. The van der Waals surface area contributed by atoms with Gasteiger partial charge in [0.15, 0.2) is 0 Å². The smallest absolute Gasteiger partial charge is 0.377 e. The van der Waals surface area contributed by atoms with Gasteiger partial charge in [-0.1, -0.05) is 6.07 Å². The number of rotatable bonds is 3. The first-order chi connectivity index (χ1) is 9.38. The number of hydrogen-bond acceptors (Lipinski definition) is 3. The fourth-order valence-corrected chi connectivity index (χ4v) is 1.80. The Hall–Kier alpha value is -2.11. The summed E-state index contributed by atoms with van der Waals surface area (Å²) in [7, 11) is 0. The fourth-order valence-electron chi connectivity index (χ4n) is 1.80. The van der Waals surface area contributed by atoms with Gasteiger partial charge in [0.25, 0.3) is 0 Å². The van der Waals surface area contributed by atoms with Crippen LogP contribution in [0.3, 0.4) is 0 Å². The molecule has 3 nitrogen and oxygen atoms in total. The van der Waals surface area contributed by atoms with Crippen molar-refractivity contribution in [3.05, 3.63) is 53.6 Å². The highest BCUT2D eigenvalue weighted by Crippen LogP contribution is 2.32. The number of hydrogen-bond donors (Lipinski definition) is 1. The molecule has 0 spiro atoms. The zero-order chi connectivity index (χ0) is 14.8. The molecular weight excluding hydrogens is 267 g/mol. The Labute approximate surface area is 114 Å². The maximum absolute atomic E-state index is 12.7. The third kappa shape index (κ3) is 3.26. The van der Waals surface area contributed by atoms with Gasteiger partial charge in [-0.15, -0.1) is 0 Å². The van der Waals surface area contributed by atoms with Gasteiger partial charge in [0.1, 0.15) is 0 Å². The van der Waals surface area contributed by atoms with Crippen LogP contribution in [0.4, 0.5) is 18.9 Å². The van der Waals surface area contributed by atoms with Crippen molar-refractivity contribution in [1.29, 1.82) is 0 Å². The summed E-state index contributed by atoms with van der Waals surface area (Å²) in [6, 6.07) is 3.41. The number of aromatic nitrogens is 2. The third-order valence-corrected chi connectivity index (χ3v) is 2.96. The summed E-state index contributed by atoms with van der Waals surface area (Å²) in [5, 5.41) is 3.04. The number of anilines is 1. The first-order valence-corrected chi connectivity index (χ1v) is 6.08. The molecule has 1 unspecified atom stereocenters. The average molecular weight is 281 g/mol. The zero-order valence-corrected chi connectivity index (χ0v) is 11.1. The summed E-state index contributed by atoms with van der Waals surface area (Å²) in [5.41, 5.74) is 1.19. The molecule has 0 aliphatic heterocycles. The van der Waals surface area contributed by atoms with Crippen LogP contribution in [0.25, 0.3) is 0 Å². The summed E-state index contributed by atoms with van der Waals surface area (Å²) >= 11 is 0. The molecular formula is C14H14F3N3. The van der Waals surface area contributed by atoms with Gasteiger partial charge in [-0.3, -0.25) is 9.97 Å². The van der Waals surface area contributed by atoms with Crippen molar-refractivity contribution in [3.63, 3.8) is 0 Å². The molecule has 106 valence electrons. The van der Waals surface area contributed by atoms with Crippen LogP contribution >= 0.6 is 0 Å². The van der Waals surface area contributed by atoms with E-state index in [1.165, 1.54) is 6.07 Å². The van der Waals surface area contributed by atoms with E-state index in [0.29, 0.717) is 11.4 Å². The SMILES string of the molecule is Cc1ccc(C(F)(F)F)cc1NC(C)c1cnccn1. The minimum atomic E-state index is -4.35. The number of halogens is 3. The number of nitrogens with zero attached hydrogens (tertiary/aromatic N) is 2. The first-order valence-electron chi connectivity index (χ1n) is 6.08. The van der Waals surface area contributed by atoms with Crippen molar-refractivity contribution in [2.24, 2.45) is 0 Å². The molecule has 1 aromatic heterocycles. The monoisotopic (exact) mass is 281 g/mol. The number of alkyl halides is 3. The lowest BCUT2D eigenvalue weighted by atomic mass is 10.1. The first kappa shape index (κ1) is 14.3. The van der Waals surface area contributed by atoms with Gasteiger partial charge >= 0.3 is 6.18 Å². The van der Waals surface area contributed by atoms with Gasteiger partial charge in [0, 0.05) is 18.1 Å². The predicted octanol–water partition coefficient (Wildman–Crippen LogP) is 3.98. The van der Waals surface area contributed by atoms with Gasteiger partial charge in [-0.25, -0.2) is 0 Å². The molecule has 0 saturated heterocycles. The largest absolute Gasteiger partial charge is 0.416 e. The average Bonchev–Trinajstić information content (AvgIpc) is 2.41. The molecule has 0 bridgehead atoms. The van der Waals surface area contributed by atoms with E-state index >= 15 is 0 Å². The molecule has 1 heterocycles. The Morgan fingerprint density at radius 1 is 1.20 bits per heavy atom. The molecule has 2 aromatic rings. The lowest BCUT2D eigenvalue weighted by Crippen LogP contribution is -2.11. The summed E-state index contributed by atoms with van der Waals surface area (Å²) in [6.45, 7) is 3.58. The summed E-state index contributed by atoms with van der Waals surface area (Å²) < 4.78 is 38.1. The lowest BCUT2D eigenvalue weighted by molar-refractivity contribution is -0.137. The zero-order valence-electron chi connectivity index (χ0n) is 11.1. The van der Waals surface area contributed by atoms with Gasteiger partial charge in [0.05, 0.1) is 23.5 Å². The van der Waals surface area contributed by atoms with E-state index in [2.05, 4.69) is 15.3 Å². The quantitative estimate of drug-likeness (QED) is 0.924. The van der Waals surface area contributed by atoms with Crippen molar-refractivity contribution in [1.82, 2.24) is 9.97 Å². The highest BCUT2D eigenvalue weighted by molar-refractivity contribution is 5.54. The van der Waals surface area contributed by atoms with E-state index in [4.69, 9.17) is 0 Å². The van der Waals surface area contributed by atoms with E-state index in [9.17, 15) is 13.2 Å². The third-order valence-electron chi connectivity index (χ3n) is 2.96. The minimum Gasteiger partial charge on any atom is -0.377 e. The standard InChI is InChI=1S/C14H14F3N3/c1-9-3-4-11(14(15,16)17)7-12(9)20-10(2)13-8-18-5-6-19-13/h3-8,10,20H,1-2H3. The molecule has 20 heavy (non-hydrogen) atoms. The molecule has 1 N–H and O–H groups in total. The van der Waals surface area contributed by atoms with Gasteiger partial charge in [0.2, 0.25) is 0 Å². The molecule has 0 aliphatic carbocycles. The van der Waals surface area contributed by atoms with Crippen LogP contribution < -0.4 is 5.32 Å². The van der Waals surface area contributed by atoms with Gasteiger partial charge in [-0.05, 0) is 31.5 Å². The fraction of sp³-hybridized carbons (Fsp3) is 0.286. The Kier molecular flexibility index (Phi) is 3.92. The van der Waals surface area contributed by atoms with Crippen LogP contribution in [0.15, 0.2) is 36.8 Å². The predicted molar refractivity (Wildman–Crippen MR) is 70.3 cm³/mol. The molecule has 6 heteroatoms. The van der Waals surface area contributed by atoms with Crippen LogP contribution in [0, 0.1) is 6.92 Å². The Bertz CT molecular complexity index is 582. The lowest BCUT2D eigenvalue weighted by Gasteiger charge is -2.18. The molecule has 0 aliphatic rings. The van der Waals surface area contributed by atoms with E-state index in [1.807, 2.05) is 6.92 Å². The molecule has 2 rings (SSSR count). The highest BCUT2D eigenvalue weighted by Gasteiger charge is 2.30. The van der Waals surface area contributed by atoms with Crippen LogP contribution in [0.5, 0.6) is 0 Å². The second-order valence-electron chi connectivity index (χ2n) is 4.52. The second kappa shape index (κ2) is 5.48. The Morgan fingerprint density at radius 2 is 1.95 bits per heavy atom. The van der Waals surface area contributed by atoms with E-state index in [0.717, 1.165) is 17.7 Å². The summed E-state index contributed by atoms with van der Waals surface area (Å²) in [4.78, 5) is 8.07. The van der Waals surface area contributed by atoms with Crippen LogP contribution in [-0.4, -0.2) is 9.97 Å². The topological polar surface area (TPSA) is 37.8 Å². The van der Waals surface area contributed by atoms with Crippen molar-refractivity contribution < 1.29 is 13.2 Å². The second-order valence-corrected chi connectivity index (χ2v) is 4.52. The molecule has 0 fully saturated rings. The van der Waals surface area contributed by atoms with Crippen molar-refractivity contribution in [3.8, 4) is 0 Å². The Balaban J connectivity index is 2.25. The number of benzene rings is 1. The number of aryl methyl sites for hydroxylation is 1. The van der Waals surface area contributed by atoms with E-state index < -0.39 is 11.7 Å². The van der Waals surface area contributed by atoms with Crippen LogP contribution in [0.2, 0.25) is 0 Å².